The molecule has 2 fully saturated rings. The SMILES string of the molecule is C[C@H]1CC[C@H](c2ccccc2)SN1Cc1ccc(C2(O)CCS(=O)(=O)CC2)cc1F. The number of benzene rings is 2. The second kappa shape index (κ2) is 8.61. The van der Waals surface area contributed by atoms with Gasteiger partial charge in [0.2, 0.25) is 0 Å². The van der Waals surface area contributed by atoms with Gasteiger partial charge in [0.15, 0.2) is 9.84 Å². The van der Waals surface area contributed by atoms with Crippen molar-refractivity contribution in [3.8, 4) is 0 Å². The Morgan fingerprint density at radius 2 is 1.83 bits per heavy atom. The Balaban J connectivity index is 1.48. The molecule has 30 heavy (non-hydrogen) atoms. The van der Waals surface area contributed by atoms with Crippen LogP contribution in [0.5, 0.6) is 0 Å². The molecule has 2 aromatic carbocycles. The number of sulfone groups is 1. The standard InChI is InChI=1S/C23H28FNO3S2/c1-17-7-10-22(18-5-3-2-4-6-18)29-25(17)16-19-8-9-20(15-21(19)24)23(26)11-13-30(27,28)14-12-23/h2-6,8-9,15,17,22,26H,7,10-14,16H2,1H3/t17-,22+/m0/s1. The Labute approximate surface area is 182 Å². The normalized spacial score (nSPS) is 26.4. The summed E-state index contributed by atoms with van der Waals surface area (Å²) in [7, 11) is -3.10. The molecule has 2 heterocycles. The Kier molecular flexibility index (Phi) is 6.26. The quantitative estimate of drug-likeness (QED) is 0.692. The monoisotopic (exact) mass is 449 g/mol. The minimum Gasteiger partial charge on any atom is -0.385 e. The molecule has 2 aromatic rings. The summed E-state index contributed by atoms with van der Waals surface area (Å²) in [5, 5.41) is 11.2. The predicted molar refractivity (Wildman–Crippen MR) is 119 cm³/mol. The van der Waals surface area contributed by atoms with Crippen molar-refractivity contribution >= 4 is 21.8 Å². The first-order valence-electron chi connectivity index (χ1n) is 10.5. The number of nitrogens with zero attached hydrogens (tertiary/aromatic N) is 1. The van der Waals surface area contributed by atoms with Crippen molar-refractivity contribution in [3.63, 3.8) is 0 Å². The van der Waals surface area contributed by atoms with Gasteiger partial charge in [-0.3, -0.25) is 0 Å². The molecule has 0 aliphatic carbocycles. The number of halogens is 1. The molecule has 2 atom stereocenters. The van der Waals surface area contributed by atoms with E-state index in [0.29, 0.717) is 29.0 Å². The summed E-state index contributed by atoms with van der Waals surface area (Å²) in [4.78, 5) is 0. The van der Waals surface area contributed by atoms with Gasteiger partial charge in [-0.1, -0.05) is 54.4 Å². The number of rotatable bonds is 4. The Bertz CT molecular complexity index is 983. The van der Waals surface area contributed by atoms with E-state index >= 15 is 0 Å². The van der Waals surface area contributed by atoms with Gasteiger partial charge in [0.05, 0.1) is 17.1 Å². The molecule has 4 nitrogen and oxygen atoms in total. The van der Waals surface area contributed by atoms with Crippen LogP contribution < -0.4 is 0 Å². The van der Waals surface area contributed by atoms with Gasteiger partial charge < -0.3 is 5.11 Å². The van der Waals surface area contributed by atoms with Gasteiger partial charge in [-0.25, -0.2) is 17.1 Å². The molecule has 4 rings (SSSR count). The van der Waals surface area contributed by atoms with Crippen LogP contribution in [0.1, 0.15) is 54.5 Å². The summed E-state index contributed by atoms with van der Waals surface area (Å²) in [5.41, 5.74) is 1.10. The lowest BCUT2D eigenvalue weighted by Crippen LogP contribution is -2.37. The van der Waals surface area contributed by atoms with Gasteiger partial charge in [-0.15, -0.1) is 0 Å². The zero-order chi connectivity index (χ0) is 21.4. The van der Waals surface area contributed by atoms with Crippen LogP contribution in [0.15, 0.2) is 48.5 Å². The summed E-state index contributed by atoms with van der Waals surface area (Å²) in [6.45, 7) is 2.67. The third-order valence-electron chi connectivity index (χ3n) is 6.34. The fraction of sp³-hybridized carbons (Fsp3) is 0.478. The number of aliphatic hydroxyl groups is 1. The Hall–Kier alpha value is -1.41. The first-order chi connectivity index (χ1) is 14.3. The van der Waals surface area contributed by atoms with Crippen molar-refractivity contribution in [3.05, 3.63) is 71.0 Å². The van der Waals surface area contributed by atoms with E-state index in [9.17, 15) is 17.9 Å². The average molecular weight is 450 g/mol. The first kappa shape index (κ1) is 21.8. The van der Waals surface area contributed by atoms with Gasteiger partial charge >= 0.3 is 0 Å². The van der Waals surface area contributed by atoms with E-state index in [4.69, 9.17) is 0 Å². The molecule has 0 saturated carbocycles. The highest BCUT2D eigenvalue weighted by molar-refractivity contribution is 7.97. The van der Waals surface area contributed by atoms with Crippen molar-refractivity contribution in [1.29, 1.82) is 0 Å². The van der Waals surface area contributed by atoms with Crippen LogP contribution in [0.2, 0.25) is 0 Å². The van der Waals surface area contributed by atoms with E-state index in [1.807, 2.05) is 6.07 Å². The summed E-state index contributed by atoms with van der Waals surface area (Å²) in [5.74, 6) is -0.463. The van der Waals surface area contributed by atoms with Gasteiger partial charge in [0.1, 0.15) is 5.82 Å². The van der Waals surface area contributed by atoms with Crippen LogP contribution in [-0.4, -0.2) is 35.4 Å². The van der Waals surface area contributed by atoms with E-state index in [1.165, 1.54) is 11.6 Å². The maximum absolute atomic E-state index is 15.0. The fourth-order valence-electron chi connectivity index (χ4n) is 4.24. The third-order valence-corrected chi connectivity index (χ3v) is 9.52. The van der Waals surface area contributed by atoms with Gasteiger partial charge in [-0.05, 0) is 49.8 Å². The average Bonchev–Trinajstić information content (AvgIpc) is 2.74. The molecule has 2 saturated heterocycles. The molecule has 1 N–H and O–H groups in total. The first-order valence-corrected chi connectivity index (χ1v) is 13.1. The Morgan fingerprint density at radius 3 is 2.50 bits per heavy atom. The van der Waals surface area contributed by atoms with Crippen molar-refractivity contribution in [1.82, 2.24) is 4.31 Å². The molecule has 0 amide bonds. The van der Waals surface area contributed by atoms with Crippen LogP contribution in [0, 0.1) is 5.82 Å². The second-order valence-electron chi connectivity index (χ2n) is 8.50. The van der Waals surface area contributed by atoms with Crippen LogP contribution in [0.3, 0.4) is 0 Å². The lowest BCUT2D eigenvalue weighted by Gasteiger charge is -2.37. The zero-order valence-corrected chi connectivity index (χ0v) is 18.8. The highest BCUT2D eigenvalue weighted by atomic mass is 32.2. The predicted octanol–water partition coefficient (Wildman–Crippen LogP) is 4.60. The molecular formula is C23H28FNO3S2. The molecule has 162 valence electrons. The summed E-state index contributed by atoms with van der Waals surface area (Å²) in [6.07, 6.45) is 2.39. The van der Waals surface area contributed by atoms with Crippen molar-refractivity contribution in [2.75, 3.05) is 11.5 Å². The molecular weight excluding hydrogens is 421 g/mol. The summed E-state index contributed by atoms with van der Waals surface area (Å²) < 4.78 is 40.6. The molecule has 2 aliphatic heterocycles. The number of hydrogen-bond acceptors (Lipinski definition) is 5. The lowest BCUT2D eigenvalue weighted by atomic mass is 9.87. The maximum atomic E-state index is 15.0. The van der Waals surface area contributed by atoms with Crippen molar-refractivity contribution in [2.45, 2.75) is 56.0 Å². The highest BCUT2D eigenvalue weighted by Crippen LogP contribution is 2.43. The molecule has 7 heteroatoms. The van der Waals surface area contributed by atoms with Gasteiger partial charge in [-0.2, -0.15) is 0 Å². The van der Waals surface area contributed by atoms with E-state index in [-0.39, 0.29) is 30.2 Å². The van der Waals surface area contributed by atoms with E-state index < -0.39 is 15.4 Å². The molecule has 0 bridgehead atoms. The van der Waals surface area contributed by atoms with Crippen LogP contribution >= 0.6 is 11.9 Å². The molecule has 0 radical (unpaired) electrons. The summed E-state index contributed by atoms with van der Waals surface area (Å²) in [6, 6.07) is 15.6. The van der Waals surface area contributed by atoms with E-state index in [0.717, 1.165) is 12.8 Å². The van der Waals surface area contributed by atoms with Crippen molar-refractivity contribution in [2.24, 2.45) is 0 Å². The lowest BCUT2D eigenvalue weighted by molar-refractivity contribution is 0.0260. The zero-order valence-electron chi connectivity index (χ0n) is 17.1. The van der Waals surface area contributed by atoms with Crippen LogP contribution in [0.4, 0.5) is 4.39 Å². The molecule has 0 spiro atoms. The van der Waals surface area contributed by atoms with E-state index in [2.05, 4.69) is 35.5 Å². The third kappa shape index (κ3) is 4.74. The minimum absolute atomic E-state index is 0.0598. The summed E-state index contributed by atoms with van der Waals surface area (Å²) >= 11 is 1.78. The van der Waals surface area contributed by atoms with E-state index in [1.54, 1.807) is 24.1 Å². The topological polar surface area (TPSA) is 57.6 Å². The largest absolute Gasteiger partial charge is 0.385 e. The maximum Gasteiger partial charge on any atom is 0.150 e. The van der Waals surface area contributed by atoms with Crippen LogP contribution in [0.25, 0.3) is 0 Å². The Morgan fingerprint density at radius 1 is 1.13 bits per heavy atom. The fourth-order valence-corrected chi connectivity index (χ4v) is 7.12. The van der Waals surface area contributed by atoms with Gasteiger partial charge in [0, 0.05) is 23.4 Å². The molecule has 2 aliphatic rings. The van der Waals surface area contributed by atoms with Crippen LogP contribution in [-0.2, 0) is 22.0 Å². The second-order valence-corrected chi connectivity index (χ2v) is 12.0. The smallest absolute Gasteiger partial charge is 0.150 e. The van der Waals surface area contributed by atoms with Crippen molar-refractivity contribution < 1.29 is 17.9 Å². The molecule has 0 unspecified atom stereocenters. The minimum atomic E-state index is -3.10. The molecule has 0 aromatic heterocycles. The highest BCUT2D eigenvalue weighted by Gasteiger charge is 2.37. The van der Waals surface area contributed by atoms with Gasteiger partial charge in [0.25, 0.3) is 0 Å². The number of hydrogen-bond donors (Lipinski definition) is 1.